The highest BCUT2D eigenvalue weighted by atomic mass is 19.4. The zero-order chi connectivity index (χ0) is 14.8. The van der Waals surface area contributed by atoms with E-state index in [1.807, 2.05) is 0 Å². The fourth-order valence-corrected chi connectivity index (χ4v) is 1.30. The Kier molecular flexibility index (Phi) is 4.25. The summed E-state index contributed by atoms with van der Waals surface area (Å²) in [6.45, 7) is -1.82. The number of rotatable bonds is 3. The van der Waals surface area contributed by atoms with Gasteiger partial charge in [-0.15, -0.1) is 13.2 Å². The number of ether oxygens (including phenoxy) is 1. The summed E-state index contributed by atoms with van der Waals surface area (Å²) in [6.07, 6.45) is -10.0. The highest BCUT2D eigenvalue weighted by Crippen LogP contribution is 2.35. The van der Waals surface area contributed by atoms with E-state index in [9.17, 15) is 26.3 Å². The van der Waals surface area contributed by atoms with Gasteiger partial charge in [-0.25, -0.2) is 4.98 Å². The standard InChI is InChI=1S/C9H8F6N2O2/c10-8(11,12)7-4(3-18)1-6(5(2-16)17-7)19-9(13,14)15/h1,18H,2-3,16H2. The lowest BCUT2D eigenvalue weighted by atomic mass is 10.1. The zero-order valence-electron chi connectivity index (χ0n) is 9.14. The second-order valence-electron chi connectivity index (χ2n) is 3.35. The molecule has 0 aliphatic rings. The fourth-order valence-electron chi connectivity index (χ4n) is 1.30. The van der Waals surface area contributed by atoms with Crippen LogP contribution >= 0.6 is 0 Å². The van der Waals surface area contributed by atoms with Gasteiger partial charge < -0.3 is 15.6 Å². The van der Waals surface area contributed by atoms with Gasteiger partial charge in [0.15, 0.2) is 11.4 Å². The van der Waals surface area contributed by atoms with E-state index in [0.29, 0.717) is 6.07 Å². The van der Waals surface area contributed by atoms with E-state index in [1.165, 1.54) is 0 Å². The van der Waals surface area contributed by atoms with Crippen molar-refractivity contribution in [3.63, 3.8) is 0 Å². The first-order chi connectivity index (χ1) is 8.58. The minimum absolute atomic E-state index is 0.422. The second-order valence-corrected chi connectivity index (χ2v) is 3.35. The monoisotopic (exact) mass is 290 g/mol. The Labute approximate surface area is 102 Å². The first-order valence-electron chi connectivity index (χ1n) is 4.75. The third-order valence-electron chi connectivity index (χ3n) is 2.00. The summed E-state index contributed by atoms with van der Waals surface area (Å²) in [5.41, 5.74) is 2.00. The fraction of sp³-hybridized carbons (Fsp3) is 0.444. The Morgan fingerprint density at radius 3 is 2.16 bits per heavy atom. The van der Waals surface area contributed by atoms with E-state index in [2.05, 4.69) is 9.72 Å². The lowest BCUT2D eigenvalue weighted by molar-refractivity contribution is -0.275. The van der Waals surface area contributed by atoms with Crippen molar-refractivity contribution in [2.24, 2.45) is 5.73 Å². The summed E-state index contributed by atoms with van der Waals surface area (Å²) >= 11 is 0. The van der Waals surface area contributed by atoms with Gasteiger partial charge in [0.1, 0.15) is 0 Å². The van der Waals surface area contributed by atoms with Crippen LogP contribution in [-0.2, 0) is 19.3 Å². The number of aliphatic hydroxyl groups is 1. The molecule has 0 radical (unpaired) electrons. The topological polar surface area (TPSA) is 68.4 Å². The molecule has 0 saturated carbocycles. The summed E-state index contributed by atoms with van der Waals surface area (Å²) in [5, 5.41) is 8.76. The number of aromatic nitrogens is 1. The van der Waals surface area contributed by atoms with E-state index >= 15 is 0 Å². The molecule has 0 saturated heterocycles. The summed E-state index contributed by atoms with van der Waals surface area (Å²) in [7, 11) is 0. The second kappa shape index (κ2) is 5.21. The SMILES string of the molecule is NCc1nc(C(F)(F)F)c(CO)cc1OC(F)(F)F. The number of aliphatic hydroxyl groups excluding tert-OH is 1. The van der Waals surface area contributed by atoms with Crippen molar-refractivity contribution in [1.82, 2.24) is 4.98 Å². The quantitative estimate of drug-likeness (QED) is 0.835. The predicted molar refractivity (Wildman–Crippen MR) is 49.7 cm³/mol. The molecule has 0 aliphatic heterocycles. The van der Waals surface area contributed by atoms with Crippen molar-refractivity contribution in [3.05, 3.63) is 23.0 Å². The zero-order valence-corrected chi connectivity index (χ0v) is 9.14. The van der Waals surface area contributed by atoms with Crippen molar-refractivity contribution in [3.8, 4) is 5.75 Å². The van der Waals surface area contributed by atoms with Gasteiger partial charge in [0, 0.05) is 12.1 Å². The molecule has 0 amide bonds. The van der Waals surface area contributed by atoms with Gasteiger partial charge in [0.2, 0.25) is 0 Å². The van der Waals surface area contributed by atoms with Gasteiger partial charge in [-0.05, 0) is 6.07 Å². The molecule has 0 aliphatic carbocycles. The Morgan fingerprint density at radius 2 is 1.79 bits per heavy atom. The average Bonchev–Trinajstić information content (AvgIpc) is 2.24. The molecule has 0 unspecified atom stereocenters. The van der Waals surface area contributed by atoms with Crippen LogP contribution < -0.4 is 10.5 Å². The molecule has 0 fully saturated rings. The molecule has 1 heterocycles. The van der Waals surface area contributed by atoms with Crippen LogP contribution in [-0.4, -0.2) is 16.5 Å². The van der Waals surface area contributed by atoms with Crippen LogP contribution in [0.3, 0.4) is 0 Å². The third-order valence-corrected chi connectivity index (χ3v) is 2.00. The number of hydrogen-bond acceptors (Lipinski definition) is 4. The van der Waals surface area contributed by atoms with Crippen molar-refractivity contribution in [1.29, 1.82) is 0 Å². The summed E-state index contributed by atoms with van der Waals surface area (Å²) < 4.78 is 77.3. The number of halogens is 6. The minimum Gasteiger partial charge on any atom is -0.404 e. The predicted octanol–water partition coefficient (Wildman–Crippen LogP) is 1.95. The van der Waals surface area contributed by atoms with Crippen molar-refractivity contribution in [2.75, 3.05) is 0 Å². The van der Waals surface area contributed by atoms with E-state index < -0.39 is 48.4 Å². The maximum absolute atomic E-state index is 12.5. The van der Waals surface area contributed by atoms with E-state index in [1.54, 1.807) is 0 Å². The largest absolute Gasteiger partial charge is 0.573 e. The van der Waals surface area contributed by atoms with Crippen molar-refractivity contribution in [2.45, 2.75) is 25.7 Å². The highest BCUT2D eigenvalue weighted by Gasteiger charge is 2.38. The van der Waals surface area contributed by atoms with Crippen LogP contribution in [0, 0.1) is 0 Å². The van der Waals surface area contributed by atoms with E-state index in [0.717, 1.165) is 0 Å². The van der Waals surface area contributed by atoms with Gasteiger partial charge in [0.25, 0.3) is 0 Å². The van der Waals surface area contributed by atoms with Crippen molar-refractivity contribution < 1.29 is 36.2 Å². The molecule has 1 rings (SSSR count). The van der Waals surface area contributed by atoms with Gasteiger partial charge in [-0.2, -0.15) is 13.2 Å². The van der Waals surface area contributed by atoms with Crippen molar-refractivity contribution >= 4 is 0 Å². The lowest BCUT2D eigenvalue weighted by Crippen LogP contribution is -2.21. The van der Waals surface area contributed by atoms with Crippen LogP contribution in [0.5, 0.6) is 5.75 Å². The van der Waals surface area contributed by atoms with Gasteiger partial charge in [-0.1, -0.05) is 0 Å². The maximum atomic E-state index is 12.5. The molecule has 19 heavy (non-hydrogen) atoms. The summed E-state index contributed by atoms with van der Waals surface area (Å²) in [6, 6.07) is 0.422. The maximum Gasteiger partial charge on any atom is 0.573 e. The molecule has 1 aromatic rings. The van der Waals surface area contributed by atoms with Gasteiger partial charge in [0.05, 0.1) is 12.3 Å². The molecule has 108 valence electrons. The van der Waals surface area contributed by atoms with Gasteiger partial charge >= 0.3 is 12.5 Å². The molecule has 4 nitrogen and oxygen atoms in total. The Bertz CT molecular complexity index is 457. The molecule has 0 aromatic carbocycles. The normalized spacial score (nSPS) is 12.6. The molecular weight excluding hydrogens is 282 g/mol. The number of pyridine rings is 1. The molecule has 0 bridgehead atoms. The smallest absolute Gasteiger partial charge is 0.404 e. The third kappa shape index (κ3) is 3.96. The number of nitrogens with two attached hydrogens (primary N) is 1. The Morgan fingerprint density at radius 1 is 1.21 bits per heavy atom. The Balaban J connectivity index is 3.36. The molecular formula is C9H8F6N2O2. The van der Waals surface area contributed by atoms with Crippen LogP contribution in [0.2, 0.25) is 0 Å². The highest BCUT2D eigenvalue weighted by molar-refractivity contribution is 5.36. The van der Waals surface area contributed by atoms with E-state index in [-0.39, 0.29) is 0 Å². The van der Waals surface area contributed by atoms with Crippen LogP contribution in [0.1, 0.15) is 17.0 Å². The summed E-state index contributed by atoms with van der Waals surface area (Å²) in [5.74, 6) is -0.966. The molecule has 3 N–H and O–H groups in total. The van der Waals surface area contributed by atoms with Crippen LogP contribution in [0.25, 0.3) is 0 Å². The van der Waals surface area contributed by atoms with Gasteiger partial charge in [-0.3, -0.25) is 0 Å². The number of alkyl halides is 6. The van der Waals surface area contributed by atoms with E-state index in [4.69, 9.17) is 10.8 Å². The van der Waals surface area contributed by atoms with Crippen LogP contribution in [0.4, 0.5) is 26.3 Å². The molecule has 0 atom stereocenters. The molecule has 10 heteroatoms. The first-order valence-corrected chi connectivity index (χ1v) is 4.75. The Hall–Kier alpha value is -1.55. The number of nitrogens with zero attached hydrogens (tertiary/aromatic N) is 1. The summed E-state index contributed by atoms with van der Waals surface area (Å²) in [4.78, 5) is 2.98. The number of hydrogen-bond donors (Lipinski definition) is 2. The minimum atomic E-state index is -5.10. The van der Waals surface area contributed by atoms with Crippen LogP contribution in [0.15, 0.2) is 6.07 Å². The first kappa shape index (κ1) is 15.5. The lowest BCUT2D eigenvalue weighted by Gasteiger charge is -2.16. The molecule has 0 spiro atoms. The average molecular weight is 290 g/mol. The molecule has 1 aromatic heterocycles.